The standard InChI is InChI=1S/C15H14BrNO5S/c1-4-21-15(20)11-9-5-6-10(16)12(22-8(3)19)13(9)23-14(11)17-7(2)18/h5-6H,4H2,1-3H3,(H,17,18). The van der Waals surface area contributed by atoms with Gasteiger partial charge in [0.1, 0.15) is 10.6 Å². The summed E-state index contributed by atoms with van der Waals surface area (Å²) in [7, 11) is 0. The summed E-state index contributed by atoms with van der Waals surface area (Å²) in [5.74, 6) is -1.03. The van der Waals surface area contributed by atoms with E-state index >= 15 is 0 Å². The van der Waals surface area contributed by atoms with Crippen LogP contribution in [-0.2, 0) is 14.3 Å². The largest absolute Gasteiger partial charge is 0.462 e. The maximum absolute atomic E-state index is 12.3. The van der Waals surface area contributed by atoms with Crippen molar-refractivity contribution in [2.45, 2.75) is 20.8 Å². The number of thiophene rings is 1. The van der Waals surface area contributed by atoms with Crippen LogP contribution in [0.1, 0.15) is 31.1 Å². The molecule has 0 unspecified atom stereocenters. The Bertz CT molecular complexity index is 799. The predicted octanol–water partition coefficient (Wildman–Crippen LogP) is 3.72. The minimum absolute atomic E-state index is 0.211. The minimum Gasteiger partial charge on any atom is -0.462 e. The van der Waals surface area contributed by atoms with Crippen LogP contribution in [0.4, 0.5) is 5.00 Å². The zero-order valence-electron chi connectivity index (χ0n) is 12.7. The Hall–Kier alpha value is -1.93. The average molecular weight is 400 g/mol. The summed E-state index contributed by atoms with van der Waals surface area (Å²) in [6, 6.07) is 3.38. The molecular weight excluding hydrogens is 386 g/mol. The quantitative estimate of drug-likeness (QED) is 0.625. The highest BCUT2D eigenvalue weighted by Crippen LogP contribution is 2.44. The molecule has 0 aliphatic rings. The van der Waals surface area contributed by atoms with Gasteiger partial charge in [0, 0.05) is 19.2 Å². The van der Waals surface area contributed by atoms with Gasteiger partial charge in [-0.05, 0) is 28.9 Å². The van der Waals surface area contributed by atoms with E-state index in [1.54, 1.807) is 19.1 Å². The van der Waals surface area contributed by atoms with Crippen molar-refractivity contribution in [1.82, 2.24) is 0 Å². The van der Waals surface area contributed by atoms with Crippen LogP contribution in [-0.4, -0.2) is 24.5 Å². The normalized spacial score (nSPS) is 10.4. The van der Waals surface area contributed by atoms with Crippen molar-refractivity contribution in [3.05, 3.63) is 22.2 Å². The molecule has 0 saturated heterocycles. The summed E-state index contributed by atoms with van der Waals surface area (Å²) in [4.78, 5) is 35.0. The van der Waals surface area contributed by atoms with Crippen LogP contribution in [0.2, 0.25) is 0 Å². The molecule has 0 bridgehead atoms. The van der Waals surface area contributed by atoms with Crippen LogP contribution >= 0.6 is 27.3 Å². The molecule has 8 heteroatoms. The van der Waals surface area contributed by atoms with Crippen molar-refractivity contribution in [3.8, 4) is 5.75 Å². The van der Waals surface area contributed by atoms with Gasteiger partial charge in [-0.25, -0.2) is 4.79 Å². The SMILES string of the molecule is CCOC(=O)c1c(NC(C)=O)sc2c(OC(C)=O)c(Br)ccc12. The lowest BCUT2D eigenvalue weighted by atomic mass is 10.1. The van der Waals surface area contributed by atoms with Gasteiger partial charge in [-0.1, -0.05) is 6.07 Å². The highest BCUT2D eigenvalue weighted by Gasteiger charge is 2.24. The molecule has 0 atom stereocenters. The third-order valence-electron chi connectivity index (χ3n) is 2.78. The van der Waals surface area contributed by atoms with E-state index in [0.717, 1.165) is 11.3 Å². The van der Waals surface area contributed by atoms with E-state index in [9.17, 15) is 14.4 Å². The molecule has 1 heterocycles. The van der Waals surface area contributed by atoms with E-state index in [1.165, 1.54) is 13.8 Å². The number of ether oxygens (including phenoxy) is 2. The third kappa shape index (κ3) is 3.70. The fourth-order valence-electron chi connectivity index (χ4n) is 2.00. The molecule has 1 amide bonds. The molecule has 0 saturated carbocycles. The van der Waals surface area contributed by atoms with Gasteiger partial charge in [-0.15, -0.1) is 11.3 Å². The Morgan fingerprint density at radius 2 is 1.96 bits per heavy atom. The molecule has 0 radical (unpaired) electrons. The number of esters is 2. The Labute approximate surface area is 144 Å². The van der Waals surface area contributed by atoms with Gasteiger partial charge in [0.25, 0.3) is 0 Å². The molecule has 0 aliphatic heterocycles. The number of amides is 1. The van der Waals surface area contributed by atoms with E-state index in [-0.39, 0.29) is 18.1 Å². The molecule has 6 nitrogen and oxygen atoms in total. The number of rotatable bonds is 4. The molecule has 1 aromatic heterocycles. The van der Waals surface area contributed by atoms with Crippen LogP contribution in [0, 0.1) is 0 Å². The summed E-state index contributed by atoms with van der Waals surface area (Å²) in [5, 5.41) is 3.54. The molecule has 0 aliphatic carbocycles. The number of carbonyl (C=O) groups is 3. The molecule has 2 rings (SSSR count). The third-order valence-corrected chi connectivity index (χ3v) is 4.52. The Morgan fingerprint density at radius 1 is 1.26 bits per heavy atom. The smallest absolute Gasteiger partial charge is 0.341 e. The summed E-state index contributed by atoms with van der Waals surface area (Å²) in [6.45, 7) is 4.55. The molecule has 1 aromatic carbocycles. The fraction of sp³-hybridized carbons (Fsp3) is 0.267. The Morgan fingerprint density at radius 3 is 2.52 bits per heavy atom. The topological polar surface area (TPSA) is 81.7 Å². The van der Waals surface area contributed by atoms with Gasteiger partial charge in [0.15, 0.2) is 5.75 Å². The van der Waals surface area contributed by atoms with Crippen LogP contribution in [0.5, 0.6) is 5.75 Å². The zero-order chi connectivity index (χ0) is 17.1. The number of fused-ring (bicyclic) bond motifs is 1. The number of anilines is 1. The summed E-state index contributed by atoms with van der Waals surface area (Å²) >= 11 is 4.47. The predicted molar refractivity (Wildman–Crippen MR) is 91.1 cm³/mol. The fourth-order valence-corrected chi connectivity index (χ4v) is 3.77. The molecular formula is C15H14BrNO5S. The average Bonchev–Trinajstić information content (AvgIpc) is 2.79. The van der Waals surface area contributed by atoms with E-state index in [4.69, 9.17) is 9.47 Å². The number of carbonyl (C=O) groups excluding carboxylic acids is 3. The Kier molecular flexibility index (Phi) is 5.38. The van der Waals surface area contributed by atoms with Crippen molar-refractivity contribution >= 4 is 60.2 Å². The number of benzene rings is 1. The number of halogens is 1. The van der Waals surface area contributed by atoms with Gasteiger partial charge in [0.2, 0.25) is 5.91 Å². The first-order chi connectivity index (χ1) is 10.8. The van der Waals surface area contributed by atoms with Crippen LogP contribution < -0.4 is 10.1 Å². The first-order valence-corrected chi connectivity index (χ1v) is 8.34. The van der Waals surface area contributed by atoms with Crippen LogP contribution in [0.3, 0.4) is 0 Å². The lowest BCUT2D eigenvalue weighted by molar-refractivity contribution is -0.131. The van der Waals surface area contributed by atoms with Gasteiger partial charge >= 0.3 is 11.9 Å². The van der Waals surface area contributed by atoms with Gasteiger partial charge in [-0.2, -0.15) is 0 Å². The van der Waals surface area contributed by atoms with Crippen molar-refractivity contribution < 1.29 is 23.9 Å². The lowest BCUT2D eigenvalue weighted by Crippen LogP contribution is -2.10. The lowest BCUT2D eigenvalue weighted by Gasteiger charge is -2.06. The molecule has 23 heavy (non-hydrogen) atoms. The second kappa shape index (κ2) is 7.10. The first kappa shape index (κ1) is 17.4. The number of nitrogens with one attached hydrogen (secondary N) is 1. The maximum Gasteiger partial charge on any atom is 0.341 e. The monoisotopic (exact) mass is 399 g/mol. The second-order valence-electron chi connectivity index (χ2n) is 4.55. The first-order valence-electron chi connectivity index (χ1n) is 6.73. The molecule has 0 spiro atoms. The maximum atomic E-state index is 12.3. The van der Waals surface area contributed by atoms with Crippen molar-refractivity contribution in [1.29, 1.82) is 0 Å². The minimum atomic E-state index is -0.543. The number of hydrogen-bond acceptors (Lipinski definition) is 6. The molecule has 0 fully saturated rings. The highest BCUT2D eigenvalue weighted by atomic mass is 79.9. The van der Waals surface area contributed by atoms with E-state index in [2.05, 4.69) is 21.2 Å². The summed E-state index contributed by atoms with van der Waals surface area (Å²) < 4.78 is 11.4. The van der Waals surface area contributed by atoms with Crippen molar-refractivity contribution in [3.63, 3.8) is 0 Å². The van der Waals surface area contributed by atoms with Gasteiger partial charge in [0.05, 0.1) is 15.8 Å². The van der Waals surface area contributed by atoms with Crippen LogP contribution in [0.25, 0.3) is 10.1 Å². The van der Waals surface area contributed by atoms with Crippen LogP contribution in [0.15, 0.2) is 16.6 Å². The van der Waals surface area contributed by atoms with Crippen molar-refractivity contribution in [2.24, 2.45) is 0 Å². The van der Waals surface area contributed by atoms with E-state index in [1.807, 2.05) is 0 Å². The zero-order valence-corrected chi connectivity index (χ0v) is 15.1. The highest BCUT2D eigenvalue weighted by molar-refractivity contribution is 9.10. The molecule has 1 N–H and O–H groups in total. The number of hydrogen-bond donors (Lipinski definition) is 1. The van der Waals surface area contributed by atoms with Gasteiger partial charge < -0.3 is 14.8 Å². The van der Waals surface area contributed by atoms with Gasteiger partial charge in [-0.3, -0.25) is 9.59 Å². The molecule has 2 aromatic rings. The second-order valence-corrected chi connectivity index (χ2v) is 6.43. The summed E-state index contributed by atoms with van der Waals surface area (Å²) in [6.07, 6.45) is 0. The van der Waals surface area contributed by atoms with E-state index < -0.39 is 11.9 Å². The Balaban J connectivity index is 2.72. The molecule has 122 valence electrons. The van der Waals surface area contributed by atoms with E-state index in [0.29, 0.717) is 25.3 Å². The summed E-state index contributed by atoms with van der Waals surface area (Å²) in [5.41, 5.74) is 0.253. The van der Waals surface area contributed by atoms with Crippen molar-refractivity contribution in [2.75, 3.05) is 11.9 Å².